The number of nitrogens with two attached hydrogens (primary N) is 1. The lowest BCUT2D eigenvalue weighted by atomic mass is 10.1. The highest BCUT2D eigenvalue weighted by molar-refractivity contribution is 9.10. The molecule has 0 spiro atoms. The van der Waals surface area contributed by atoms with Crippen LogP contribution in [0.4, 0.5) is 0 Å². The number of hydrogen-bond donors (Lipinski definition) is 1. The molecule has 0 atom stereocenters. The zero-order valence-electron chi connectivity index (χ0n) is 13.5. The van der Waals surface area contributed by atoms with Gasteiger partial charge >= 0.3 is 0 Å². The standard InChI is InChI=1S/C16H23BrN2O2S/c1-11-9-19(10-21-7-8-22(2,3)4)15-12(16(18)20)5-6-13(17)14(11)15/h5-6,9H,7-8,10H2,1-4H3,(H2,18,20). The Kier molecular flexibility index (Phi) is 5.25. The van der Waals surface area contributed by atoms with E-state index in [1.54, 1.807) is 6.07 Å². The highest BCUT2D eigenvalue weighted by atomic mass is 79.9. The van der Waals surface area contributed by atoms with E-state index < -0.39 is 15.9 Å². The molecule has 2 N–H and O–H groups in total. The number of aromatic nitrogens is 1. The number of halogens is 1. The van der Waals surface area contributed by atoms with E-state index in [2.05, 4.69) is 34.7 Å². The minimum atomic E-state index is -0.560. The molecule has 4 nitrogen and oxygen atoms in total. The quantitative estimate of drug-likeness (QED) is 0.772. The third-order valence-electron chi connectivity index (χ3n) is 3.49. The molecular formula is C16H23BrN2O2S. The number of benzene rings is 1. The molecule has 1 aromatic carbocycles. The lowest BCUT2D eigenvalue weighted by Gasteiger charge is -2.24. The summed E-state index contributed by atoms with van der Waals surface area (Å²) in [4.78, 5) is 11.7. The van der Waals surface area contributed by atoms with Gasteiger partial charge < -0.3 is 15.0 Å². The van der Waals surface area contributed by atoms with Crippen molar-refractivity contribution in [2.24, 2.45) is 5.73 Å². The second-order valence-electron chi connectivity index (χ2n) is 6.30. The SMILES string of the molecule is Cc1cn(COCCS(C)(C)C)c2c(C(N)=O)ccc(Br)c12. The van der Waals surface area contributed by atoms with Crippen LogP contribution in [-0.2, 0) is 11.5 Å². The molecule has 122 valence electrons. The van der Waals surface area contributed by atoms with Gasteiger partial charge in [0.05, 0.1) is 17.7 Å². The van der Waals surface area contributed by atoms with Crippen molar-refractivity contribution in [2.75, 3.05) is 31.1 Å². The second-order valence-corrected chi connectivity index (χ2v) is 11.7. The van der Waals surface area contributed by atoms with Crippen LogP contribution >= 0.6 is 26.0 Å². The van der Waals surface area contributed by atoms with Crippen molar-refractivity contribution >= 4 is 42.8 Å². The van der Waals surface area contributed by atoms with E-state index in [1.165, 1.54) is 0 Å². The third kappa shape index (κ3) is 3.86. The molecule has 1 aromatic heterocycles. The molecule has 22 heavy (non-hydrogen) atoms. The van der Waals surface area contributed by atoms with Crippen LogP contribution in [-0.4, -0.2) is 41.6 Å². The molecule has 2 rings (SSSR count). The first-order chi connectivity index (χ1) is 10.2. The summed E-state index contributed by atoms with van der Waals surface area (Å²) in [5.74, 6) is 0.647. The summed E-state index contributed by atoms with van der Waals surface area (Å²) in [6.07, 6.45) is 8.82. The van der Waals surface area contributed by atoms with Gasteiger partial charge in [0, 0.05) is 21.8 Å². The lowest BCUT2D eigenvalue weighted by molar-refractivity contribution is 0.0922. The van der Waals surface area contributed by atoms with Crippen molar-refractivity contribution in [2.45, 2.75) is 13.7 Å². The van der Waals surface area contributed by atoms with Crippen molar-refractivity contribution < 1.29 is 9.53 Å². The topological polar surface area (TPSA) is 57.2 Å². The third-order valence-corrected chi connectivity index (χ3v) is 5.55. The zero-order valence-corrected chi connectivity index (χ0v) is 15.9. The van der Waals surface area contributed by atoms with Gasteiger partial charge in [-0.2, -0.15) is 0 Å². The molecule has 1 amide bonds. The van der Waals surface area contributed by atoms with Crippen LogP contribution in [0.3, 0.4) is 0 Å². The molecule has 0 unspecified atom stereocenters. The van der Waals surface area contributed by atoms with Gasteiger partial charge in [-0.05, 0) is 43.4 Å². The molecule has 0 aliphatic carbocycles. The van der Waals surface area contributed by atoms with Crippen LogP contribution < -0.4 is 5.73 Å². The van der Waals surface area contributed by atoms with Crippen LogP contribution in [0.25, 0.3) is 10.9 Å². The first-order valence-corrected chi connectivity index (χ1v) is 10.8. The number of amides is 1. The Morgan fingerprint density at radius 1 is 1.36 bits per heavy atom. The molecule has 0 aliphatic rings. The first-order valence-electron chi connectivity index (χ1n) is 7.02. The summed E-state index contributed by atoms with van der Waals surface area (Å²) < 4.78 is 8.73. The van der Waals surface area contributed by atoms with Gasteiger partial charge in [-0.3, -0.25) is 4.79 Å². The molecule has 0 saturated carbocycles. The van der Waals surface area contributed by atoms with Gasteiger partial charge in [0.1, 0.15) is 6.73 Å². The van der Waals surface area contributed by atoms with E-state index >= 15 is 0 Å². The molecule has 0 aliphatic heterocycles. The average Bonchev–Trinajstić information content (AvgIpc) is 2.72. The lowest BCUT2D eigenvalue weighted by Crippen LogP contribution is -2.14. The van der Waals surface area contributed by atoms with Gasteiger partial charge in [-0.1, -0.05) is 15.9 Å². The van der Waals surface area contributed by atoms with Gasteiger partial charge in [0.25, 0.3) is 5.91 Å². The highest BCUT2D eigenvalue weighted by Crippen LogP contribution is 2.34. The fraction of sp³-hybridized carbons (Fsp3) is 0.438. The van der Waals surface area contributed by atoms with Crippen LogP contribution in [0.5, 0.6) is 0 Å². The monoisotopic (exact) mass is 386 g/mol. The van der Waals surface area contributed by atoms with Gasteiger partial charge in [-0.15, -0.1) is 0 Å². The normalized spacial score (nSPS) is 12.8. The molecule has 0 bridgehead atoms. The first kappa shape index (κ1) is 17.4. The van der Waals surface area contributed by atoms with E-state index in [9.17, 15) is 4.79 Å². The van der Waals surface area contributed by atoms with Crippen LogP contribution in [0.2, 0.25) is 0 Å². The Bertz CT molecular complexity index is 704. The van der Waals surface area contributed by atoms with E-state index in [1.807, 2.05) is 23.8 Å². The number of rotatable bonds is 6. The molecule has 1 heterocycles. The van der Waals surface area contributed by atoms with Gasteiger partial charge in [0.2, 0.25) is 0 Å². The Balaban J connectivity index is 2.30. The van der Waals surface area contributed by atoms with Gasteiger partial charge in [-0.25, -0.2) is 10.0 Å². The minimum Gasteiger partial charge on any atom is -0.366 e. The van der Waals surface area contributed by atoms with Crippen LogP contribution in [0.1, 0.15) is 15.9 Å². The number of hydrogen-bond acceptors (Lipinski definition) is 2. The molecule has 0 saturated heterocycles. The Labute approximate surface area is 141 Å². The second kappa shape index (κ2) is 6.64. The Morgan fingerprint density at radius 3 is 2.64 bits per heavy atom. The summed E-state index contributed by atoms with van der Waals surface area (Å²) in [5, 5.41) is 1.02. The summed E-state index contributed by atoms with van der Waals surface area (Å²) in [6.45, 7) is 3.17. The number of nitrogens with zero attached hydrogens (tertiary/aromatic N) is 1. The van der Waals surface area contributed by atoms with Crippen molar-refractivity contribution in [1.29, 1.82) is 0 Å². The maximum atomic E-state index is 11.7. The average molecular weight is 387 g/mol. The fourth-order valence-electron chi connectivity index (χ4n) is 2.38. The van der Waals surface area contributed by atoms with Crippen LogP contribution in [0.15, 0.2) is 22.8 Å². The summed E-state index contributed by atoms with van der Waals surface area (Å²) in [6, 6.07) is 3.62. The molecule has 2 aromatic rings. The van der Waals surface area contributed by atoms with Gasteiger partial charge in [0.15, 0.2) is 0 Å². The van der Waals surface area contributed by atoms with Crippen molar-refractivity contribution in [3.63, 3.8) is 0 Å². The van der Waals surface area contributed by atoms with Crippen molar-refractivity contribution in [3.8, 4) is 0 Å². The van der Waals surface area contributed by atoms with E-state index in [0.29, 0.717) is 12.3 Å². The molecule has 6 heteroatoms. The highest BCUT2D eigenvalue weighted by Gasteiger charge is 2.16. The Morgan fingerprint density at radius 2 is 2.05 bits per heavy atom. The number of carbonyl (C=O) groups excluding carboxylic acids is 1. The maximum absolute atomic E-state index is 11.7. The predicted molar refractivity (Wildman–Crippen MR) is 99.1 cm³/mol. The number of carbonyl (C=O) groups is 1. The van der Waals surface area contributed by atoms with Crippen molar-refractivity contribution in [3.05, 3.63) is 33.9 Å². The van der Waals surface area contributed by atoms with Crippen molar-refractivity contribution in [1.82, 2.24) is 4.57 Å². The molecule has 0 fully saturated rings. The number of ether oxygens (including phenoxy) is 1. The number of fused-ring (bicyclic) bond motifs is 1. The molecular weight excluding hydrogens is 364 g/mol. The number of primary amides is 1. The predicted octanol–water partition coefficient (Wildman–Crippen LogP) is 3.48. The minimum absolute atomic E-state index is 0.420. The van der Waals surface area contributed by atoms with E-state index in [-0.39, 0.29) is 0 Å². The van der Waals surface area contributed by atoms with E-state index in [0.717, 1.165) is 33.3 Å². The maximum Gasteiger partial charge on any atom is 0.250 e. The fourth-order valence-corrected chi connectivity index (χ4v) is 3.63. The molecule has 0 radical (unpaired) electrons. The number of aryl methyl sites for hydroxylation is 1. The summed E-state index contributed by atoms with van der Waals surface area (Å²) in [5.41, 5.74) is 7.97. The summed E-state index contributed by atoms with van der Waals surface area (Å²) >= 11 is 3.55. The zero-order chi connectivity index (χ0) is 16.5. The smallest absolute Gasteiger partial charge is 0.250 e. The van der Waals surface area contributed by atoms with E-state index in [4.69, 9.17) is 10.5 Å². The Hall–Kier alpha value is -0.980. The summed E-state index contributed by atoms with van der Waals surface area (Å²) in [7, 11) is -0.560. The van der Waals surface area contributed by atoms with Crippen LogP contribution in [0, 0.1) is 6.92 Å². The largest absolute Gasteiger partial charge is 0.366 e.